The number of alkyl halides is 2. The van der Waals surface area contributed by atoms with Crippen molar-refractivity contribution >= 4 is 28.3 Å². The summed E-state index contributed by atoms with van der Waals surface area (Å²) < 4.78 is 28.9. The Morgan fingerprint density at radius 1 is 1.12 bits per heavy atom. The zero-order chi connectivity index (χ0) is 17.6. The third kappa shape index (κ3) is 2.95. The molecule has 0 saturated heterocycles. The molecule has 2 nitrogen and oxygen atoms in total. The molecule has 0 amide bonds. The molecule has 0 N–H and O–H groups in total. The molecule has 1 aliphatic heterocycles. The lowest BCUT2D eigenvalue weighted by molar-refractivity contribution is -0.00967. The lowest BCUT2D eigenvalue weighted by atomic mass is 10.0. The fraction of sp³-hybridized carbons (Fsp3) is 0.250. The fourth-order valence-corrected chi connectivity index (χ4v) is 3.60. The fourth-order valence-electron chi connectivity index (χ4n) is 3.35. The minimum absolute atomic E-state index is 0.111. The molecule has 1 aliphatic rings. The van der Waals surface area contributed by atoms with Gasteiger partial charge in [-0.05, 0) is 30.7 Å². The second-order valence-corrected chi connectivity index (χ2v) is 6.92. The van der Waals surface area contributed by atoms with E-state index in [2.05, 4.69) is 4.98 Å². The Labute approximate surface area is 150 Å². The topological polar surface area (TPSA) is 16.1 Å². The Kier molecular flexibility index (Phi) is 3.88. The van der Waals surface area contributed by atoms with E-state index in [-0.39, 0.29) is 18.5 Å². The molecule has 0 bridgehead atoms. The maximum atomic E-state index is 14.4. The first-order chi connectivity index (χ1) is 11.9. The number of aromatic nitrogens is 1. The van der Waals surface area contributed by atoms with Crippen molar-refractivity contribution in [2.24, 2.45) is 0 Å². The van der Waals surface area contributed by atoms with Crippen LogP contribution in [-0.4, -0.2) is 11.5 Å². The highest BCUT2D eigenvalue weighted by Gasteiger charge is 2.37. The van der Waals surface area contributed by atoms with Crippen LogP contribution in [0.2, 0.25) is 5.02 Å². The van der Waals surface area contributed by atoms with Gasteiger partial charge in [0.05, 0.1) is 10.5 Å². The van der Waals surface area contributed by atoms with E-state index >= 15 is 0 Å². The Morgan fingerprint density at radius 2 is 1.92 bits per heavy atom. The van der Waals surface area contributed by atoms with E-state index in [0.29, 0.717) is 22.9 Å². The van der Waals surface area contributed by atoms with E-state index in [0.717, 1.165) is 16.5 Å². The van der Waals surface area contributed by atoms with Gasteiger partial charge in [-0.15, -0.1) is 0 Å². The normalized spacial score (nSPS) is 16.6. The van der Waals surface area contributed by atoms with Gasteiger partial charge in [-0.3, -0.25) is 0 Å². The molecule has 0 radical (unpaired) electrons. The molecular weight excluding hydrogens is 342 g/mol. The van der Waals surface area contributed by atoms with Gasteiger partial charge in [0.1, 0.15) is 5.82 Å². The summed E-state index contributed by atoms with van der Waals surface area (Å²) >= 11 is 6.44. The Balaban J connectivity index is 1.78. The average molecular weight is 359 g/mol. The summed E-state index contributed by atoms with van der Waals surface area (Å²) in [4.78, 5) is 6.54. The first-order valence-electron chi connectivity index (χ1n) is 8.22. The molecule has 3 aromatic rings. The molecule has 0 fully saturated rings. The number of pyridine rings is 1. The smallest absolute Gasteiger partial charge is 0.275 e. The highest BCUT2D eigenvalue weighted by Crippen LogP contribution is 2.38. The van der Waals surface area contributed by atoms with Crippen molar-refractivity contribution in [2.45, 2.75) is 25.8 Å². The number of nitrogens with zero attached hydrogens (tertiary/aromatic N) is 2. The largest absolute Gasteiger partial charge is 0.352 e. The van der Waals surface area contributed by atoms with E-state index in [1.54, 1.807) is 24.3 Å². The molecule has 2 aromatic carbocycles. The van der Waals surface area contributed by atoms with Crippen molar-refractivity contribution in [3.05, 3.63) is 70.2 Å². The lowest BCUT2D eigenvalue weighted by Crippen LogP contribution is -2.25. The summed E-state index contributed by atoms with van der Waals surface area (Å²) in [6, 6.07) is 14.4. The van der Waals surface area contributed by atoms with E-state index < -0.39 is 5.92 Å². The van der Waals surface area contributed by atoms with Crippen LogP contribution < -0.4 is 4.90 Å². The summed E-state index contributed by atoms with van der Waals surface area (Å²) in [7, 11) is 0. The van der Waals surface area contributed by atoms with Crippen LogP contribution in [0, 0.1) is 6.92 Å². The number of fused-ring (bicyclic) bond motifs is 2. The number of rotatable bonds is 1. The SMILES string of the molecule is Cc1ccc2nc(N3CCC(F)(F)c4ccccc4C3)cc(Cl)c2c1. The monoisotopic (exact) mass is 358 g/mol. The lowest BCUT2D eigenvalue weighted by Gasteiger charge is -2.22. The number of anilines is 1. The average Bonchev–Trinajstić information content (AvgIpc) is 2.72. The van der Waals surface area contributed by atoms with Gasteiger partial charge in [0.15, 0.2) is 0 Å². The third-order valence-electron chi connectivity index (χ3n) is 4.69. The van der Waals surface area contributed by atoms with Gasteiger partial charge in [-0.25, -0.2) is 13.8 Å². The zero-order valence-electron chi connectivity index (χ0n) is 13.8. The van der Waals surface area contributed by atoms with Crippen molar-refractivity contribution in [2.75, 3.05) is 11.4 Å². The molecule has 2 heterocycles. The second-order valence-electron chi connectivity index (χ2n) is 6.52. The number of aryl methyl sites for hydroxylation is 1. The van der Waals surface area contributed by atoms with Crippen molar-refractivity contribution in [1.29, 1.82) is 0 Å². The standard InChI is InChI=1S/C20H17ClF2N2/c1-13-6-7-18-15(10-13)17(21)11-19(24-18)25-9-8-20(22,23)16-5-3-2-4-14(16)12-25/h2-7,10-11H,8-9,12H2,1H3. The molecule has 0 aliphatic carbocycles. The van der Waals surface area contributed by atoms with Crippen LogP contribution in [0.25, 0.3) is 10.9 Å². The molecule has 25 heavy (non-hydrogen) atoms. The van der Waals surface area contributed by atoms with Crippen LogP contribution >= 0.6 is 11.6 Å². The van der Waals surface area contributed by atoms with Gasteiger partial charge in [0, 0.05) is 30.5 Å². The van der Waals surface area contributed by atoms with Gasteiger partial charge >= 0.3 is 0 Å². The van der Waals surface area contributed by atoms with Crippen LogP contribution in [0.3, 0.4) is 0 Å². The minimum atomic E-state index is -2.83. The van der Waals surface area contributed by atoms with Gasteiger partial charge in [-0.1, -0.05) is 47.5 Å². The molecule has 0 unspecified atom stereocenters. The summed E-state index contributed by atoms with van der Waals surface area (Å²) in [6.45, 7) is 2.62. The van der Waals surface area contributed by atoms with Crippen molar-refractivity contribution in [3.63, 3.8) is 0 Å². The van der Waals surface area contributed by atoms with Crippen LogP contribution in [0.5, 0.6) is 0 Å². The zero-order valence-corrected chi connectivity index (χ0v) is 14.5. The van der Waals surface area contributed by atoms with Gasteiger partial charge in [0.2, 0.25) is 0 Å². The van der Waals surface area contributed by atoms with Crippen molar-refractivity contribution in [3.8, 4) is 0 Å². The van der Waals surface area contributed by atoms with Crippen LogP contribution in [0.1, 0.15) is 23.1 Å². The van der Waals surface area contributed by atoms with Crippen LogP contribution in [0.15, 0.2) is 48.5 Å². The highest BCUT2D eigenvalue weighted by atomic mass is 35.5. The van der Waals surface area contributed by atoms with Gasteiger partial charge in [-0.2, -0.15) is 0 Å². The van der Waals surface area contributed by atoms with Gasteiger partial charge < -0.3 is 4.90 Å². The van der Waals surface area contributed by atoms with Crippen LogP contribution in [-0.2, 0) is 12.5 Å². The van der Waals surface area contributed by atoms with E-state index in [1.807, 2.05) is 30.0 Å². The minimum Gasteiger partial charge on any atom is -0.352 e. The predicted molar refractivity (Wildman–Crippen MR) is 97.5 cm³/mol. The number of halogens is 3. The highest BCUT2D eigenvalue weighted by molar-refractivity contribution is 6.35. The second kappa shape index (κ2) is 5.95. The Bertz CT molecular complexity index is 956. The Morgan fingerprint density at radius 3 is 2.76 bits per heavy atom. The summed E-state index contributed by atoms with van der Waals surface area (Å²) in [5.74, 6) is -2.20. The first-order valence-corrected chi connectivity index (χ1v) is 8.60. The summed E-state index contributed by atoms with van der Waals surface area (Å²) in [6.07, 6.45) is -0.241. The molecule has 0 saturated carbocycles. The summed E-state index contributed by atoms with van der Waals surface area (Å²) in [5.41, 5.74) is 2.62. The molecule has 0 spiro atoms. The maximum absolute atomic E-state index is 14.4. The van der Waals surface area contributed by atoms with Crippen molar-refractivity contribution in [1.82, 2.24) is 4.98 Å². The van der Waals surface area contributed by atoms with E-state index in [4.69, 9.17) is 11.6 Å². The van der Waals surface area contributed by atoms with E-state index in [1.165, 1.54) is 6.07 Å². The molecule has 4 rings (SSSR count). The van der Waals surface area contributed by atoms with E-state index in [9.17, 15) is 8.78 Å². The summed E-state index contributed by atoms with van der Waals surface area (Å²) in [5, 5.41) is 1.47. The predicted octanol–water partition coefficient (Wildman–Crippen LogP) is 5.70. The molecule has 5 heteroatoms. The molecule has 128 valence electrons. The maximum Gasteiger partial charge on any atom is 0.275 e. The third-order valence-corrected chi connectivity index (χ3v) is 5.01. The first kappa shape index (κ1) is 16.3. The number of hydrogen-bond acceptors (Lipinski definition) is 2. The molecule has 1 aromatic heterocycles. The van der Waals surface area contributed by atoms with Crippen LogP contribution in [0.4, 0.5) is 14.6 Å². The number of hydrogen-bond donors (Lipinski definition) is 0. The molecule has 0 atom stereocenters. The van der Waals surface area contributed by atoms with Crippen molar-refractivity contribution < 1.29 is 8.78 Å². The Hall–Kier alpha value is -2.20. The molecular formula is C20H17ClF2N2. The number of benzene rings is 2. The quantitative estimate of drug-likeness (QED) is 0.554. The van der Waals surface area contributed by atoms with Gasteiger partial charge in [0.25, 0.3) is 5.92 Å².